The number of aliphatic carboxylic acids is 1. The lowest BCUT2D eigenvalue weighted by atomic mass is 9.90. The van der Waals surface area contributed by atoms with Crippen LogP contribution in [0.3, 0.4) is 0 Å². The summed E-state index contributed by atoms with van der Waals surface area (Å²) in [5.41, 5.74) is 0.878. The summed E-state index contributed by atoms with van der Waals surface area (Å²) < 4.78 is 0. The third kappa shape index (κ3) is 13.3. The van der Waals surface area contributed by atoms with Crippen molar-refractivity contribution < 1.29 is 29.4 Å². The van der Waals surface area contributed by atoms with E-state index in [4.69, 9.17) is 0 Å². The smallest absolute Gasteiger partial charge is 0.326 e. The molecule has 1 rings (SSSR count). The van der Waals surface area contributed by atoms with Gasteiger partial charge in [0.15, 0.2) is 0 Å². The van der Waals surface area contributed by atoms with E-state index in [9.17, 15) is 29.4 Å². The Balaban J connectivity index is 2.99. The number of carboxylic acids is 1. The third-order valence-electron chi connectivity index (χ3n) is 5.94. The molecule has 1 unspecified atom stereocenters. The van der Waals surface area contributed by atoms with Gasteiger partial charge in [-0.15, -0.1) is 0 Å². The Bertz CT molecular complexity index is 859. The average Bonchev–Trinajstić information content (AvgIpc) is 2.81. The number of benzene rings is 1. The summed E-state index contributed by atoms with van der Waals surface area (Å²) in [5.74, 6) is -2.56. The summed E-state index contributed by atoms with van der Waals surface area (Å²) in [6.45, 7) is 10.2. The maximum atomic E-state index is 12.9. The van der Waals surface area contributed by atoms with Crippen LogP contribution in [-0.4, -0.2) is 58.6 Å². The lowest BCUT2D eigenvalue weighted by Gasteiger charge is -2.28. The van der Waals surface area contributed by atoms with Crippen LogP contribution in [-0.2, 0) is 25.6 Å². The molecule has 1 aromatic carbocycles. The topological polar surface area (TPSA) is 145 Å². The van der Waals surface area contributed by atoms with Gasteiger partial charge in [-0.05, 0) is 36.7 Å². The Morgan fingerprint density at radius 1 is 0.892 bits per heavy atom. The summed E-state index contributed by atoms with van der Waals surface area (Å²) >= 11 is 0. The van der Waals surface area contributed by atoms with Gasteiger partial charge in [-0.1, -0.05) is 71.4 Å². The number of carbonyl (C=O) groups is 4. The SMILES string of the molecule is CCC[C@H](C[C@H](O)[C@H](Cc1ccccc1)NC(=O)CC(NC(=O)CC(C)C)C(=O)O)C(=O)NCC(C)C. The van der Waals surface area contributed by atoms with Crippen LogP contribution in [0.15, 0.2) is 30.3 Å². The number of nitrogens with one attached hydrogen (secondary N) is 3. The van der Waals surface area contributed by atoms with Crippen molar-refractivity contribution in [2.45, 2.75) is 91.3 Å². The van der Waals surface area contributed by atoms with Gasteiger partial charge in [0.25, 0.3) is 0 Å². The Kier molecular flexibility index (Phi) is 14.5. The predicted octanol–water partition coefficient (Wildman–Crippen LogP) is 2.66. The molecule has 0 spiro atoms. The predicted molar refractivity (Wildman–Crippen MR) is 143 cm³/mol. The molecular weight excluding hydrogens is 474 g/mol. The first-order valence-electron chi connectivity index (χ1n) is 13.2. The molecule has 9 heteroatoms. The minimum absolute atomic E-state index is 0.0440. The minimum atomic E-state index is -1.38. The standard InChI is InChI=1S/C28H45N3O6/c1-6-10-21(27(35)29-17-19(4)5)15-24(32)22(14-20-11-8-7-9-12-20)30-26(34)16-23(28(36)37)31-25(33)13-18(2)3/h7-9,11-12,18-19,21-24,32H,6,10,13-17H2,1-5H3,(H,29,35)(H,30,34)(H,31,33)(H,36,37)/t21-,22+,23?,24+/m1/s1. The van der Waals surface area contributed by atoms with Crippen LogP contribution < -0.4 is 16.0 Å². The summed E-state index contributed by atoms with van der Waals surface area (Å²) in [5, 5.41) is 28.8. The number of carboxylic acid groups (broad SMARTS) is 1. The van der Waals surface area contributed by atoms with Crippen LogP contribution in [0.4, 0.5) is 0 Å². The van der Waals surface area contributed by atoms with Crippen LogP contribution in [0.5, 0.6) is 0 Å². The Labute approximate surface area is 220 Å². The highest BCUT2D eigenvalue weighted by Crippen LogP contribution is 2.19. The second kappa shape index (κ2) is 16.7. The van der Waals surface area contributed by atoms with E-state index >= 15 is 0 Å². The van der Waals surface area contributed by atoms with Gasteiger partial charge in [-0.3, -0.25) is 14.4 Å². The van der Waals surface area contributed by atoms with E-state index in [-0.39, 0.29) is 24.7 Å². The van der Waals surface area contributed by atoms with Gasteiger partial charge in [0.05, 0.1) is 18.6 Å². The second-order valence-corrected chi connectivity index (χ2v) is 10.6. The molecule has 0 bridgehead atoms. The number of rotatable bonds is 17. The molecule has 0 saturated heterocycles. The zero-order valence-corrected chi connectivity index (χ0v) is 22.8. The summed E-state index contributed by atoms with van der Waals surface area (Å²) in [7, 11) is 0. The molecule has 37 heavy (non-hydrogen) atoms. The Morgan fingerprint density at radius 3 is 2.05 bits per heavy atom. The lowest BCUT2D eigenvalue weighted by molar-refractivity contribution is -0.143. The molecule has 1 aromatic rings. The number of hydrogen-bond acceptors (Lipinski definition) is 5. The molecule has 0 radical (unpaired) electrons. The molecule has 0 aliphatic carbocycles. The molecule has 208 valence electrons. The molecule has 0 aromatic heterocycles. The lowest BCUT2D eigenvalue weighted by Crippen LogP contribution is -2.50. The maximum absolute atomic E-state index is 12.9. The number of amides is 3. The Morgan fingerprint density at radius 2 is 1.51 bits per heavy atom. The molecule has 3 amide bonds. The number of aliphatic hydroxyl groups is 1. The van der Waals surface area contributed by atoms with Crippen molar-refractivity contribution in [3.8, 4) is 0 Å². The van der Waals surface area contributed by atoms with Gasteiger partial charge in [0, 0.05) is 18.9 Å². The second-order valence-electron chi connectivity index (χ2n) is 10.6. The van der Waals surface area contributed by atoms with E-state index in [0.29, 0.717) is 25.3 Å². The molecular formula is C28H45N3O6. The molecule has 0 fully saturated rings. The highest BCUT2D eigenvalue weighted by molar-refractivity contribution is 5.88. The van der Waals surface area contributed by atoms with Gasteiger partial charge >= 0.3 is 5.97 Å². The van der Waals surface area contributed by atoms with Crippen molar-refractivity contribution in [2.24, 2.45) is 17.8 Å². The van der Waals surface area contributed by atoms with Crippen LogP contribution in [0, 0.1) is 17.8 Å². The van der Waals surface area contributed by atoms with Crippen molar-refractivity contribution in [2.75, 3.05) is 6.54 Å². The first kappa shape index (κ1) is 32.1. The zero-order valence-electron chi connectivity index (χ0n) is 22.8. The molecule has 9 nitrogen and oxygen atoms in total. The van der Waals surface area contributed by atoms with Crippen molar-refractivity contribution >= 4 is 23.7 Å². The quantitative estimate of drug-likeness (QED) is 0.214. The van der Waals surface area contributed by atoms with Crippen molar-refractivity contribution in [3.05, 3.63) is 35.9 Å². The van der Waals surface area contributed by atoms with Gasteiger partial charge in [0.2, 0.25) is 17.7 Å². The summed E-state index contributed by atoms with van der Waals surface area (Å²) in [6.07, 6.45) is 0.460. The van der Waals surface area contributed by atoms with E-state index in [1.807, 2.05) is 65.0 Å². The molecule has 5 N–H and O–H groups in total. The highest BCUT2D eigenvalue weighted by Gasteiger charge is 2.30. The van der Waals surface area contributed by atoms with Gasteiger partial charge < -0.3 is 26.2 Å². The van der Waals surface area contributed by atoms with Crippen LogP contribution in [0.2, 0.25) is 0 Å². The summed E-state index contributed by atoms with van der Waals surface area (Å²) in [6, 6.07) is 7.19. The van der Waals surface area contributed by atoms with E-state index in [1.54, 1.807) is 0 Å². The first-order valence-corrected chi connectivity index (χ1v) is 13.2. The number of carbonyl (C=O) groups excluding carboxylic acids is 3. The van der Waals surface area contributed by atoms with Crippen molar-refractivity contribution in [3.63, 3.8) is 0 Å². The Hall–Kier alpha value is -2.94. The maximum Gasteiger partial charge on any atom is 0.326 e. The number of hydrogen-bond donors (Lipinski definition) is 5. The minimum Gasteiger partial charge on any atom is -0.480 e. The van der Waals surface area contributed by atoms with E-state index in [1.165, 1.54) is 0 Å². The molecule has 0 heterocycles. The van der Waals surface area contributed by atoms with Crippen molar-refractivity contribution in [1.29, 1.82) is 0 Å². The molecule has 0 aliphatic rings. The van der Waals surface area contributed by atoms with E-state index in [0.717, 1.165) is 12.0 Å². The number of aliphatic hydroxyl groups excluding tert-OH is 1. The monoisotopic (exact) mass is 519 g/mol. The average molecular weight is 520 g/mol. The van der Waals surface area contributed by atoms with Gasteiger partial charge in [-0.25, -0.2) is 4.79 Å². The largest absolute Gasteiger partial charge is 0.480 e. The van der Waals surface area contributed by atoms with Crippen LogP contribution >= 0.6 is 0 Å². The molecule has 4 atom stereocenters. The summed E-state index contributed by atoms with van der Waals surface area (Å²) in [4.78, 5) is 49.4. The highest BCUT2D eigenvalue weighted by atomic mass is 16.4. The van der Waals surface area contributed by atoms with Crippen LogP contribution in [0.1, 0.15) is 72.3 Å². The first-order chi connectivity index (χ1) is 17.4. The molecule has 0 saturated carbocycles. The normalized spacial score (nSPS) is 14.5. The van der Waals surface area contributed by atoms with Crippen molar-refractivity contribution in [1.82, 2.24) is 16.0 Å². The third-order valence-corrected chi connectivity index (χ3v) is 5.94. The van der Waals surface area contributed by atoms with E-state index in [2.05, 4.69) is 16.0 Å². The zero-order chi connectivity index (χ0) is 28.0. The fourth-order valence-corrected chi connectivity index (χ4v) is 4.04. The van der Waals surface area contributed by atoms with E-state index < -0.39 is 48.3 Å². The fraction of sp³-hybridized carbons (Fsp3) is 0.643. The van der Waals surface area contributed by atoms with Crippen LogP contribution in [0.25, 0.3) is 0 Å². The van der Waals surface area contributed by atoms with Gasteiger partial charge in [-0.2, -0.15) is 0 Å². The van der Waals surface area contributed by atoms with Gasteiger partial charge in [0.1, 0.15) is 6.04 Å². The molecule has 0 aliphatic heterocycles. The fourth-order valence-electron chi connectivity index (χ4n) is 4.04.